The number of hydrogen-bond acceptors (Lipinski definition) is 3. The van der Waals surface area contributed by atoms with Gasteiger partial charge in [0.2, 0.25) is 5.91 Å². The molecule has 0 bridgehead atoms. The van der Waals surface area contributed by atoms with Crippen LogP contribution in [0.4, 0.5) is 14.5 Å². The molecule has 5 nitrogen and oxygen atoms in total. The minimum absolute atomic E-state index is 0.0823. The fourth-order valence-electron chi connectivity index (χ4n) is 3.75. The Bertz CT molecular complexity index is 1030. The van der Waals surface area contributed by atoms with Crippen molar-refractivity contribution >= 4 is 22.5 Å². The number of aromatic nitrogens is 1. The van der Waals surface area contributed by atoms with Gasteiger partial charge >= 0.3 is 0 Å². The van der Waals surface area contributed by atoms with E-state index in [4.69, 9.17) is 4.74 Å². The normalized spacial score (nSPS) is 14.9. The maximum atomic E-state index is 13.7. The lowest BCUT2D eigenvalue weighted by atomic mass is 10.1. The van der Waals surface area contributed by atoms with Crippen LogP contribution in [0.3, 0.4) is 0 Å². The quantitative estimate of drug-likeness (QED) is 0.641. The number of nitrogens with one attached hydrogen (secondary N) is 1. The van der Waals surface area contributed by atoms with Crippen LogP contribution in [-0.2, 0) is 22.5 Å². The lowest BCUT2D eigenvalue weighted by Gasteiger charge is -2.26. The number of hydrogen-bond donors (Lipinski definition) is 1. The summed E-state index contributed by atoms with van der Waals surface area (Å²) in [5.74, 6) is -1.23. The van der Waals surface area contributed by atoms with E-state index >= 15 is 0 Å². The number of ether oxygens (including phenoxy) is 1. The molecule has 158 valence electrons. The molecule has 1 saturated heterocycles. The first-order chi connectivity index (χ1) is 14.6. The molecule has 0 aliphatic carbocycles. The maximum absolute atomic E-state index is 13.7. The van der Waals surface area contributed by atoms with Gasteiger partial charge in [0, 0.05) is 55.4 Å². The molecule has 0 spiro atoms. The van der Waals surface area contributed by atoms with Crippen LogP contribution in [0.1, 0.15) is 12.0 Å². The number of aryl methyl sites for hydroxylation is 1. The Hall–Kier alpha value is -2.77. The molecule has 2 heterocycles. The molecule has 0 saturated carbocycles. The van der Waals surface area contributed by atoms with E-state index in [9.17, 15) is 13.6 Å². The standard InChI is InChI=1S/C23H25F2N3O2/c24-19-2-4-21(25)17(15-19)1-6-23(29)26-20-3-5-22-18(16-20)7-8-28(22)10-9-27-11-13-30-14-12-27/h2-5,7-8,15-16H,1,6,9-14H2,(H,26,29). The van der Waals surface area contributed by atoms with Gasteiger partial charge in [-0.3, -0.25) is 9.69 Å². The summed E-state index contributed by atoms with van der Waals surface area (Å²) >= 11 is 0. The summed E-state index contributed by atoms with van der Waals surface area (Å²) in [6, 6.07) is 11.1. The van der Waals surface area contributed by atoms with E-state index in [2.05, 4.69) is 21.0 Å². The number of fused-ring (bicyclic) bond motifs is 1. The largest absolute Gasteiger partial charge is 0.379 e. The van der Waals surface area contributed by atoms with Gasteiger partial charge in [-0.15, -0.1) is 0 Å². The summed E-state index contributed by atoms with van der Waals surface area (Å²) in [5, 5.41) is 3.89. The van der Waals surface area contributed by atoms with Crippen LogP contribution in [0.2, 0.25) is 0 Å². The van der Waals surface area contributed by atoms with Crippen LogP contribution >= 0.6 is 0 Å². The SMILES string of the molecule is O=C(CCc1cc(F)ccc1F)Nc1ccc2c(ccn2CCN2CCOCC2)c1. The zero-order valence-corrected chi connectivity index (χ0v) is 16.7. The molecule has 0 radical (unpaired) electrons. The molecule has 1 aromatic heterocycles. The molecule has 0 unspecified atom stereocenters. The molecule has 1 N–H and O–H groups in total. The zero-order chi connectivity index (χ0) is 20.9. The maximum Gasteiger partial charge on any atom is 0.224 e. The smallest absolute Gasteiger partial charge is 0.224 e. The summed E-state index contributed by atoms with van der Waals surface area (Å²) in [4.78, 5) is 14.6. The van der Waals surface area contributed by atoms with Crippen molar-refractivity contribution in [2.45, 2.75) is 19.4 Å². The number of amides is 1. The molecule has 7 heteroatoms. The Labute approximate surface area is 174 Å². The van der Waals surface area contributed by atoms with Crippen LogP contribution in [0.25, 0.3) is 10.9 Å². The van der Waals surface area contributed by atoms with Crippen molar-refractivity contribution in [2.75, 3.05) is 38.2 Å². The summed E-state index contributed by atoms with van der Waals surface area (Å²) in [7, 11) is 0. The lowest BCUT2D eigenvalue weighted by Crippen LogP contribution is -2.38. The number of nitrogens with zero attached hydrogens (tertiary/aromatic N) is 2. The number of benzene rings is 2. The number of carbonyl (C=O) groups is 1. The van der Waals surface area contributed by atoms with Crippen molar-refractivity contribution in [1.82, 2.24) is 9.47 Å². The molecule has 0 atom stereocenters. The summed E-state index contributed by atoms with van der Waals surface area (Å²) in [6.07, 6.45) is 2.29. The fraction of sp³-hybridized carbons (Fsp3) is 0.348. The van der Waals surface area contributed by atoms with E-state index in [0.29, 0.717) is 5.69 Å². The van der Waals surface area contributed by atoms with Crippen LogP contribution in [-0.4, -0.2) is 48.2 Å². The van der Waals surface area contributed by atoms with Crippen molar-refractivity contribution in [2.24, 2.45) is 0 Å². The van der Waals surface area contributed by atoms with Crippen LogP contribution in [0, 0.1) is 11.6 Å². The van der Waals surface area contributed by atoms with Gasteiger partial charge in [0.05, 0.1) is 13.2 Å². The highest BCUT2D eigenvalue weighted by Gasteiger charge is 2.12. The van der Waals surface area contributed by atoms with Crippen LogP contribution in [0.15, 0.2) is 48.7 Å². The van der Waals surface area contributed by atoms with E-state index < -0.39 is 11.6 Å². The van der Waals surface area contributed by atoms with Crippen molar-refractivity contribution in [3.8, 4) is 0 Å². The molecule has 3 aromatic rings. The highest BCUT2D eigenvalue weighted by atomic mass is 19.1. The van der Waals surface area contributed by atoms with Gasteiger partial charge in [0.15, 0.2) is 0 Å². The minimum atomic E-state index is -0.504. The molecule has 4 rings (SSSR count). The molecular formula is C23H25F2N3O2. The monoisotopic (exact) mass is 413 g/mol. The molecule has 1 aliphatic heterocycles. The first-order valence-corrected chi connectivity index (χ1v) is 10.2. The number of anilines is 1. The third-order valence-corrected chi connectivity index (χ3v) is 5.44. The Kier molecular flexibility index (Phi) is 6.40. The molecular weight excluding hydrogens is 388 g/mol. The summed E-state index contributed by atoms with van der Waals surface area (Å²) in [6.45, 7) is 5.39. The first kappa shape index (κ1) is 20.5. The van der Waals surface area contributed by atoms with Crippen LogP contribution in [0.5, 0.6) is 0 Å². The van der Waals surface area contributed by atoms with Gasteiger partial charge in [0.1, 0.15) is 11.6 Å². The van der Waals surface area contributed by atoms with E-state index in [1.165, 1.54) is 0 Å². The predicted octanol–water partition coefficient (Wildman–Crippen LogP) is 3.82. The number of rotatable bonds is 7. The molecule has 1 amide bonds. The number of morpholine rings is 1. The van der Waals surface area contributed by atoms with Gasteiger partial charge in [-0.05, 0) is 54.4 Å². The second kappa shape index (κ2) is 9.36. The van der Waals surface area contributed by atoms with Gasteiger partial charge in [-0.25, -0.2) is 8.78 Å². The van der Waals surface area contributed by atoms with Crippen LogP contribution < -0.4 is 5.32 Å². The third-order valence-electron chi connectivity index (χ3n) is 5.44. The van der Waals surface area contributed by atoms with Crippen molar-refractivity contribution in [1.29, 1.82) is 0 Å². The third kappa shape index (κ3) is 5.04. The van der Waals surface area contributed by atoms with Gasteiger partial charge in [0.25, 0.3) is 0 Å². The van der Waals surface area contributed by atoms with E-state index in [1.54, 1.807) is 0 Å². The summed E-state index contributed by atoms with van der Waals surface area (Å²) in [5.41, 5.74) is 2.01. The van der Waals surface area contributed by atoms with Crippen molar-refractivity contribution in [3.05, 3.63) is 65.9 Å². The lowest BCUT2D eigenvalue weighted by molar-refractivity contribution is -0.116. The molecule has 30 heavy (non-hydrogen) atoms. The highest BCUT2D eigenvalue weighted by Crippen LogP contribution is 2.21. The second-order valence-corrected chi connectivity index (χ2v) is 7.52. The van der Waals surface area contributed by atoms with E-state index in [1.807, 2.05) is 24.3 Å². The summed E-state index contributed by atoms with van der Waals surface area (Å²) < 4.78 is 34.5. The van der Waals surface area contributed by atoms with Crippen molar-refractivity contribution in [3.63, 3.8) is 0 Å². The van der Waals surface area contributed by atoms with Gasteiger partial charge in [-0.1, -0.05) is 0 Å². The fourth-order valence-corrected chi connectivity index (χ4v) is 3.75. The number of carbonyl (C=O) groups excluding carboxylic acids is 1. The Balaban J connectivity index is 1.34. The first-order valence-electron chi connectivity index (χ1n) is 10.2. The average Bonchev–Trinajstić information content (AvgIpc) is 3.16. The second-order valence-electron chi connectivity index (χ2n) is 7.52. The highest BCUT2D eigenvalue weighted by molar-refractivity contribution is 5.94. The van der Waals surface area contributed by atoms with E-state index in [-0.39, 0.29) is 24.3 Å². The molecule has 1 aliphatic rings. The Morgan fingerprint density at radius 1 is 1.03 bits per heavy atom. The van der Waals surface area contributed by atoms with Gasteiger partial charge in [-0.2, -0.15) is 0 Å². The Morgan fingerprint density at radius 2 is 1.87 bits per heavy atom. The van der Waals surface area contributed by atoms with E-state index in [0.717, 1.165) is 68.5 Å². The Morgan fingerprint density at radius 3 is 2.70 bits per heavy atom. The zero-order valence-electron chi connectivity index (χ0n) is 16.7. The van der Waals surface area contributed by atoms with Crippen molar-refractivity contribution < 1.29 is 18.3 Å². The number of halogens is 2. The minimum Gasteiger partial charge on any atom is -0.379 e. The van der Waals surface area contributed by atoms with Gasteiger partial charge < -0.3 is 14.6 Å². The predicted molar refractivity (Wildman–Crippen MR) is 113 cm³/mol. The average molecular weight is 413 g/mol. The topological polar surface area (TPSA) is 46.5 Å². The molecule has 2 aromatic carbocycles. The molecule has 1 fully saturated rings.